The molecule has 4 heteroatoms. The van der Waals surface area contributed by atoms with Crippen LogP contribution in [-0.4, -0.2) is 4.57 Å². The van der Waals surface area contributed by atoms with E-state index in [4.69, 9.17) is 17.0 Å². The van der Waals surface area contributed by atoms with Crippen molar-refractivity contribution in [2.75, 3.05) is 0 Å². The number of rotatable bonds is 1. The van der Waals surface area contributed by atoms with Crippen LogP contribution in [0.15, 0.2) is 78.9 Å². The van der Waals surface area contributed by atoms with Gasteiger partial charge in [-0.05, 0) is 31.2 Å². The third-order valence-corrected chi connectivity index (χ3v) is 4.87. The van der Waals surface area contributed by atoms with Crippen LogP contribution in [0.2, 0.25) is 0 Å². The molecule has 140 valence electrons. The van der Waals surface area contributed by atoms with E-state index in [0.717, 1.165) is 6.42 Å². The van der Waals surface area contributed by atoms with Crippen LogP contribution < -0.4 is 0 Å². The molecular weight excluding hydrogens is 464 g/mol. The van der Waals surface area contributed by atoms with Gasteiger partial charge in [0.2, 0.25) is 0 Å². The summed E-state index contributed by atoms with van der Waals surface area (Å²) in [5, 5.41) is 3.95. The van der Waals surface area contributed by atoms with Gasteiger partial charge < -0.3 is 4.57 Å². The van der Waals surface area contributed by atoms with E-state index in [1.165, 1.54) is 38.6 Å². The molecule has 1 aromatic heterocycles. The SMILES string of the molecule is Cc1c(C)n(-c2cc3ccccc3[cH-]2)c2ccccc12.[C-]1=CC=CC1.[Cl][Zr+2][Cl]. The molecule has 0 unspecified atom stereocenters. The third-order valence-electron chi connectivity index (χ3n) is 4.87. The minimum atomic E-state index is -0.826. The van der Waals surface area contributed by atoms with E-state index in [-0.39, 0.29) is 0 Å². The summed E-state index contributed by atoms with van der Waals surface area (Å²) in [6.07, 6.45) is 10.0. The second-order valence-electron chi connectivity index (χ2n) is 6.48. The molecule has 4 aromatic rings. The molecule has 1 heterocycles. The summed E-state index contributed by atoms with van der Waals surface area (Å²) in [4.78, 5) is 0. The summed E-state index contributed by atoms with van der Waals surface area (Å²) in [5.41, 5.74) is 5.23. The fraction of sp³-hybridized carbons (Fsp3) is 0.125. The average molecular weight is 486 g/mol. The molecule has 0 radical (unpaired) electrons. The number of hydrogen-bond donors (Lipinski definition) is 0. The number of fused-ring (bicyclic) bond motifs is 2. The Morgan fingerprint density at radius 2 is 1.75 bits per heavy atom. The predicted octanol–water partition coefficient (Wildman–Crippen LogP) is 7.80. The minimum absolute atomic E-state index is 0.826. The van der Waals surface area contributed by atoms with Gasteiger partial charge in [-0.1, -0.05) is 24.3 Å². The van der Waals surface area contributed by atoms with Crippen LogP contribution >= 0.6 is 17.0 Å². The molecule has 0 aliphatic heterocycles. The first-order chi connectivity index (χ1) is 13.7. The van der Waals surface area contributed by atoms with Crippen molar-refractivity contribution in [2.45, 2.75) is 20.3 Å². The van der Waals surface area contributed by atoms with Crippen molar-refractivity contribution in [2.24, 2.45) is 0 Å². The fourth-order valence-electron chi connectivity index (χ4n) is 3.47. The van der Waals surface area contributed by atoms with E-state index in [1.807, 2.05) is 12.2 Å². The quantitative estimate of drug-likeness (QED) is 0.242. The molecular formula is C24H21Cl2NZr. The number of nitrogens with zero attached hydrogens (tertiary/aromatic N) is 1. The topological polar surface area (TPSA) is 4.93 Å². The van der Waals surface area contributed by atoms with E-state index < -0.39 is 20.8 Å². The van der Waals surface area contributed by atoms with Gasteiger partial charge in [-0.3, -0.25) is 6.08 Å². The monoisotopic (exact) mass is 483 g/mol. The van der Waals surface area contributed by atoms with Crippen LogP contribution in [0.1, 0.15) is 17.7 Å². The Hall–Kier alpha value is -1.47. The van der Waals surface area contributed by atoms with Crippen LogP contribution in [-0.2, 0) is 20.8 Å². The number of para-hydroxylation sites is 1. The number of halogens is 2. The summed E-state index contributed by atoms with van der Waals surface area (Å²) in [6.45, 7) is 4.41. The number of allylic oxidation sites excluding steroid dienone is 4. The van der Waals surface area contributed by atoms with Crippen LogP contribution in [0.5, 0.6) is 0 Å². The summed E-state index contributed by atoms with van der Waals surface area (Å²) in [6, 6.07) is 21.7. The fourth-order valence-corrected chi connectivity index (χ4v) is 3.47. The van der Waals surface area contributed by atoms with Gasteiger partial charge in [0.1, 0.15) is 0 Å². The Kier molecular flexibility index (Phi) is 7.85. The van der Waals surface area contributed by atoms with Crippen molar-refractivity contribution in [3.05, 3.63) is 96.2 Å². The van der Waals surface area contributed by atoms with Gasteiger partial charge in [0.25, 0.3) is 0 Å². The van der Waals surface area contributed by atoms with Crippen molar-refractivity contribution in [1.29, 1.82) is 0 Å². The second kappa shape index (κ2) is 10.4. The Morgan fingerprint density at radius 3 is 2.39 bits per heavy atom. The molecule has 0 atom stereocenters. The Balaban J connectivity index is 0.000000238. The molecule has 5 rings (SSSR count). The average Bonchev–Trinajstić information content (AvgIpc) is 3.45. The van der Waals surface area contributed by atoms with Gasteiger partial charge in [-0.15, -0.1) is 47.5 Å². The van der Waals surface area contributed by atoms with Crippen LogP contribution in [0, 0.1) is 19.9 Å². The third kappa shape index (κ3) is 4.74. The summed E-state index contributed by atoms with van der Waals surface area (Å²) < 4.78 is 2.37. The Labute approximate surface area is 185 Å². The zero-order chi connectivity index (χ0) is 19.9. The molecule has 0 bridgehead atoms. The predicted molar refractivity (Wildman–Crippen MR) is 119 cm³/mol. The van der Waals surface area contributed by atoms with Gasteiger partial charge in [-0.2, -0.15) is 6.08 Å². The van der Waals surface area contributed by atoms with Crippen molar-refractivity contribution in [1.82, 2.24) is 4.57 Å². The first kappa shape index (κ1) is 21.2. The zero-order valence-corrected chi connectivity index (χ0v) is 19.9. The van der Waals surface area contributed by atoms with Crippen molar-refractivity contribution in [3.63, 3.8) is 0 Å². The van der Waals surface area contributed by atoms with Crippen LogP contribution in [0.25, 0.3) is 27.4 Å². The molecule has 1 aliphatic carbocycles. The molecule has 1 nitrogen and oxygen atoms in total. The van der Waals surface area contributed by atoms with Crippen molar-refractivity contribution < 1.29 is 20.8 Å². The summed E-state index contributed by atoms with van der Waals surface area (Å²) in [7, 11) is 9.87. The maximum atomic E-state index is 4.93. The Morgan fingerprint density at radius 1 is 1.04 bits per heavy atom. The van der Waals surface area contributed by atoms with Crippen LogP contribution in [0.4, 0.5) is 0 Å². The molecule has 0 N–H and O–H groups in total. The van der Waals surface area contributed by atoms with Gasteiger partial charge in [0, 0.05) is 11.1 Å². The molecule has 1 aliphatic rings. The van der Waals surface area contributed by atoms with Gasteiger partial charge in [0.05, 0.1) is 5.52 Å². The van der Waals surface area contributed by atoms with Gasteiger partial charge >= 0.3 is 37.9 Å². The first-order valence-electron chi connectivity index (χ1n) is 9.08. The Bertz CT molecular complexity index is 1080. The first-order valence-corrected chi connectivity index (χ1v) is 15.4. The second-order valence-corrected chi connectivity index (χ2v) is 10.2. The van der Waals surface area contributed by atoms with Crippen molar-refractivity contribution >= 4 is 38.7 Å². The number of hydrogen-bond acceptors (Lipinski definition) is 0. The molecule has 3 aromatic carbocycles. The zero-order valence-electron chi connectivity index (χ0n) is 15.9. The van der Waals surface area contributed by atoms with E-state index in [2.05, 4.69) is 91.2 Å². The molecule has 0 saturated heterocycles. The molecule has 0 fully saturated rings. The van der Waals surface area contributed by atoms with E-state index in [0.29, 0.717) is 0 Å². The molecule has 0 spiro atoms. The van der Waals surface area contributed by atoms with Crippen molar-refractivity contribution in [3.8, 4) is 5.69 Å². The standard InChI is InChI=1S/C19H16N.C5H5.2ClH.Zr/c1-13-14(2)20(19-10-6-5-9-18(13)19)17-11-15-7-3-4-8-16(15)12-17;1-2-4-5-3-1;;;/h3-12H,1-2H3;1-3H,4H2;2*1H;/q2*-1;;;+4/p-2. The van der Waals surface area contributed by atoms with Gasteiger partial charge in [-0.25, -0.2) is 12.2 Å². The maximum absolute atomic E-state index is 4.93. The van der Waals surface area contributed by atoms with E-state index in [9.17, 15) is 0 Å². The number of benzene rings is 2. The summed E-state index contributed by atoms with van der Waals surface area (Å²) in [5.74, 6) is 0. The normalized spacial score (nSPS) is 11.7. The molecule has 28 heavy (non-hydrogen) atoms. The number of aryl methyl sites for hydroxylation is 1. The summed E-state index contributed by atoms with van der Waals surface area (Å²) >= 11 is -0.826. The van der Waals surface area contributed by atoms with E-state index in [1.54, 1.807) is 0 Å². The van der Waals surface area contributed by atoms with Crippen LogP contribution in [0.3, 0.4) is 0 Å². The molecule has 0 amide bonds. The van der Waals surface area contributed by atoms with E-state index >= 15 is 0 Å². The number of aromatic nitrogens is 1. The van der Waals surface area contributed by atoms with Gasteiger partial charge in [0.15, 0.2) is 0 Å². The molecule has 0 saturated carbocycles.